The molecule has 0 spiro atoms. The van der Waals surface area contributed by atoms with Crippen LogP contribution >= 0.6 is 10.7 Å². The lowest BCUT2D eigenvalue weighted by Gasteiger charge is -2.25. The average Bonchev–Trinajstić information content (AvgIpc) is 3.95. The standard InChI is InChI=1S/C18H26O7S.C16H24O6S.C9H18O4.C7H7ClO2S/c1-12-5-7-14(8-6-12)26(20,21)24-11-16-15(10-22-3)17(23-4)9-18(16)25-13(2)19;1-11-4-6-12(7-5-11)23(18,19)22-10-13-14(9-20-2)16(21-3)8-15(13)17;1-12-5-7-6(4-10)8(11)3-9(7)13-2;1-6-2-4-7(5-3-6)11(8,9)10/h5-8,15-18H,9-11H2,1-4H3;4-7,13-17H,8-10H2,1-3H3;6-11H,3-5H2,1-2H3;2-5H,1H3/t15-,16-,17-,18+;13-,14-,15+,16-;6-,7-,8+,9-;/m000./s1. The quantitative estimate of drug-likeness (QED) is 0.0776. The van der Waals surface area contributed by atoms with Gasteiger partial charge in [0.05, 0.1) is 78.2 Å². The summed E-state index contributed by atoms with van der Waals surface area (Å²) in [6.45, 7) is 8.02. The van der Waals surface area contributed by atoms with Gasteiger partial charge in [0.25, 0.3) is 29.3 Å². The summed E-state index contributed by atoms with van der Waals surface area (Å²) in [6, 6.07) is 19.3. The van der Waals surface area contributed by atoms with Crippen molar-refractivity contribution in [3.05, 3.63) is 89.5 Å². The SMILES string of the molecule is COC[C@H]1[C@H](CO)[C@H](O)C[C@@H]1OC.COC[C@H]1[C@H](COS(=O)(=O)c2ccc(C)cc2)[C@H](O)C[C@@H]1OC.COC[C@H]1[C@H](COS(=O)(=O)c2ccc(C)cc2)[C@H](OC(C)=O)C[C@@H]1OC.Cc1ccc(S(=O)(=O)Cl)cc1. The van der Waals surface area contributed by atoms with Gasteiger partial charge in [-0.2, -0.15) is 16.8 Å². The average molecular weight is 1110 g/mol. The van der Waals surface area contributed by atoms with Crippen molar-refractivity contribution in [1.82, 2.24) is 0 Å². The molecule has 3 aliphatic carbocycles. The number of halogens is 1. The fraction of sp³-hybridized carbons (Fsp3) is 0.620. The highest BCUT2D eigenvalue weighted by Crippen LogP contribution is 2.38. The van der Waals surface area contributed by atoms with E-state index >= 15 is 0 Å². The number of aryl methyl sites for hydroxylation is 3. The first-order valence-corrected chi connectivity index (χ1v) is 28.7. The van der Waals surface area contributed by atoms with Crippen molar-refractivity contribution in [3.8, 4) is 0 Å². The van der Waals surface area contributed by atoms with Crippen molar-refractivity contribution in [2.45, 2.75) is 98.3 Å². The highest BCUT2D eigenvalue weighted by Gasteiger charge is 2.47. The normalized spacial score (nSPS) is 26.9. The van der Waals surface area contributed by atoms with E-state index in [1.165, 1.54) is 43.3 Å². The molecule has 0 heterocycles. The van der Waals surface area contributed by atoms with Crippen molar-refractivity contribution in [2.75, 3.05) is 82.3 Å². The second kappa shape index (κ2) is 30.5. The van der Waals surface area contributed by atoms with Gasteiger partial charge in [-0.15, -0.1) is 0 Å². The molecule has 0 radical (unpaired) electrons. The van der Waals surface area contributed by atoms with Crippen LogP contribution in [0.3, 0.4) is 0 Å². The Morgan fingerprint density at radius 1 is 0.493 bits per heavy atom. The number of aliphatic hydroxyl groups excluding tert-OH is 3. The molecule has 3 fully saturated rings. The van der Waals surface area contributed by atoms with E-state index in [0.717, 1.165) is 16.7 Å². The van der Waals surface area contributed by atoms with Crippen molar-refractivity contribution in [1.29, 1.82) is 0 Å². The van der Waals surface area contributed by atoms with Crippen molar-refractivity contribution in [3.63, 3.8) is 0 Å². The molecule has 3 aromatic rings. The summed E-state index contributed by atoms with van der Waals surface area (Å²) >= 11 is 0. The minimum atomic E-state index is -3.90. The fourth-order valence-corrected chi connectivity index (χ4v) is 11.8. The van der Waals surface area contributed by atoms with Crippen LogP contribution in [0.5, 0.6) is 0 Å². The van der Waals surface area contributed by atoms with Gasteiger partial charge in [-0.25, -0.2) is 8.42 Å². The van der Waals surface area contributed by atoms with E-state index in [1.54, 1.807) is 79.1 Å². The van der Waals surface area contributed by atoms with Gasteiger partial charge in [0.1, 0.15) is 6.10 Å². The molecule has 6 rings (SSSR count). The van der Waals surface area contributed by atoms with Crippen molar-refractivity contribution >= 4 is 45.9 Å². The Hall–Kier alpha value is -3.17. The van der Waals surface area contributed by atoms with Crippen LogP contribution < -0.4 is 0 Å². The number of aliphatic hydroxyl groups is 3. The summed E-state index contributed by atoms with van der Waals surface area (Å²) < 4.78 is 118. The summed E-state index contributed by atoms with van der Waals surface area (Å²) in [5.41, 5.74) is 2.94. The third kappa shape index (κ3) is 19.4. The molecule has 73 heavy (non-hydrogen) atoms. The molecule has 3 N–H and O–H groups in total. The number of ether oxygens (including phenoxy) is 7. The molecule has 0 unspecified atom stereocenters. The number of carbonyl (C=O) groups excluding carboxylic acids is 1. The lowest BCUT2D eigenvalue weighted by molar-refractivity contribution is -0.149. The number of hydrogen-bond donors (Lipinski definition) is 3. The van der Waals surface area contributed by atoms with E-state index in [2.05, 4.69) is 0 Å². The minimum absolute atomic E-state index is 0.00491. The molecule has 0 saturated heterocycles. The number of carbonyl (C=O) groups is 1. The van der Waals surface area contributed by atoms with E-state index < -0.39 is 53.6 Å². The Morgan fingerprint density at radius 2 is 0.808 bits per heavy atom. The summed E-state index contributed by atoms with van der Waals surface area (Å²) in [6.07, 6.45) is -0.460. The number of esters is 1. The van der Waals surface area contributed by atoms with Gasteiger partial charge in [-0.1, -0.05) is 53.1 Å². The molecule has 23 heteroatoms. The van der Waals surface area contributed by atoms with Crippen molar-refractivity contribution < 1.29 is 86.9 Å². The number of benzene rings is 3. The van der Waals surface area contributed by atoms with Crippen LogP contribution in [0.25, 0.3) is 0 Å². The summed E-state index contributed by atoms with van der Waals surface area (Å²) in [4.78, 5) is 11.8. The third-order valence-corrected chi connectivity index (χ3v) is 17.2. The highest BCUT2D eigenvalue weighted by atomic mass is 35.7. The van der Waals surface area contributed by atoms with Gasteiger partial charge >= 0.3 is 5.97 Å². The monoisotopic (exact) mass is 1110 g/mol. The number of methoxy groups -OCH3 is 6. The third-order valence-electron chi connectivity index (χ3n) is 13.2. The van der Waals surface area contributed by atoms with Gasteiger partial charge in [0.15, 0.2) is 0 Å². The highest BCUT2D eigenvalue weighted by molar-refractivity contribution is 8.13. The van der Waals surface area contributed by atoms with Gasteiger partial charge < -0.3 is 48.5 Å². The van der Waals surface area contributed by atoms with E-state index in [-0.39, 0.29) is 88.3 Å². The van der Waals surface area contributed by atoms with Crippen LogP contribution in [0.2, 0.25) is 0 Å². The van der Waals surface area contributed by atoms with Crippen LogP contribution in [0, 0.1) is 56.3 Å². The topological polar surface area (TPSA) is 263 Å². The summed E-state index contributed by atoms with van der Waals surface area (Å²) in [5.74, 6) is -1.35. The minimum Gasteiger partial charge on any atom is -0.462 e. The Morgan fingerprint density at radius 3 is 1.15 bits per heavy atom. The Kier molecular flexibility index (Phi) is 26.8. The Bertz CT molecular complexity index is 2430. The van der Waals surface area contributed by atoms with Crippen LogP contribution in [-0.2, 0) is 75.6 Å². The zero-order valence-corrected chi connectivity index (χ0v) is 46.4. The maximum absolute atomic E-state index is 12.5. The second-order valence-electron chi connectivity index (χ2n) is 18.2. The Labute approximate surface area is 436 Å². The van der Waals surface area contributed by atoms with Crippen LogP contribution in [0.15, 0.2) is 87.5 Å². The van der Waals surface area contributed by atoms with E-state index in [9.17, 15) is 40.3 Å². The zero-order valence-electron chi connectivity index (χ0n) is 43.2. The maximum Gasteiger partial charge on any atom is 0.302 e. The first kappa shape index (κ1) is 64.1. The van der Waals surface area contributed by atoms with E-state index in [1.807, 2.05) is 20.8 Å². The lowest BCUT2D eigenvalue weighted by atomic mass is 9.95. The lowest BCUT2D eigenvalue weighted by Crippen LogP contribution is -2.33. The molecule has 12 atom stereocenters. The van der Waals surface area contributed by atoms with Gasteiger partial charge in [-0.3, -0.25) is 13.2 Å². The molecule has 3 aliphatic rings. The molecule has 0 bridgehead atoms. The molecule has 0 amide bonds. The summed E-state index contributed by atoms with van der Waals surface area (Å²) in [7, 11) is 3.31. The second-order valence-corrected chi connectivity index (χ2v) is 24.0. The summed E-state index contributed by atoms with van der Waals surface area (Å²) in [5, 5.41) is 28.8. The zero-order chi connectivity index (χ0) is 54.7. The van der Waals surface area contributed by atoms with E-state index in [0.29, 0.717) is 39.1 Å². The predicted octanol–water partition coefficient (Wildman–Crippen LogP) is 4.85. The Balaban J connectivity index is 0.000000272. The molecule has 0 aliphatic heterocycles. The molecule has 19 nitrogen and oxygen atoms in total. The first-order valence-electron chi connectivity index (χ1n) is 23.5. The fourth-order valence-electron chi connectivity index (χ4n) is 9.16. The molecular formula is C50H75ClO19S3. The molecule has 0 aromatic heterocycles. The largest absolute Gasteiger partial charge is 0.462 e. The number of hydrogen-bond acceptors (Lipinski definition) is 19. The molecule has 3 saturated carbocycles. The number of rotatable bonds is 20. The van der Waals surface area contributed by atoms with E-state index in [4.69, 9.17) is 57.3 Å². The van der Waals surface area contributed by atoms with Crippen LogP contribution in [0.4, 0.5) is 0 Å². The van der Waals surface area contributed by atoms with Crippen molar-refractivity contribution in [2.24, 2.45) is 35.5 Å². The van der Waals surface area contributed by atoms with Crippen LogP contribution in [0.1, 0.15) is 42.9 Å². The smallest absolute Gasteiger partial charge is 0.302 e. The predicted molar refractivity (Wildman–Crippen MR) is 270 cm³/mol. The molecule has 3 aromatic carbocycles. The maximum atomic E-state index is 12.5. The van der Waals surface area contributed by atoms with Crippen LogP contribution in [-0.4, -0.2) is 165 Å². The van der Waals surface area contributed by atoms with Gasteiger partial charge in [0.2, 0.25) is 0 Å². The first-order chi connectivity index (χ1) is 34.4. The van der Waals surface area contributed by atoms with Gasteiger partial charge in [0, 0.05) is 122 Å². The molecule has 414 valence electrons. The molecular weight excluding hydrogens is 1040 g/mol. The van der Waals surface area contributed by atoms with Gasteiger partial charge in [-0.05, 0) is 57.2 Å².